The number of fused-ring (bicyclic) bond motifs is 1. The number of hydrogen-bond acceptors (Lipinski definition) is 1. The van der Waals surface area contributed by atoms with Gasteiger partial charge in [-0.15, -0.1) is 0 Å². The summed E-state index contributed by atoms with van der Waals surface area (Å²) < 4.78 is 1.50. The molecule has 0 spiro atoms. The van der Waals surface area contributed by atoms with E-state index in [9.17, 15) is 5.11 Å². The quantitative estimate of drug-likeness (QED) is 0.560. The maximum absolute atomic E-state index is 9.39. The molecule has 0 amide bonds. The van der Waals surface area contributed by atoms with Gasteiger partial charge in [-0.05, 0) is 0 Å². The molecule has 0 saturated heterocycles. The van der Waals surface area contributed by atoms with Crippen LogP contribution in [0.3, 0.4) is 0 Å². The topological polar surface area (TPSA) is 20.2 Å². The number of hydrogen-bond donors (Lipinski definition) is 1. The van der Waals surface area contributed by atoms with E-state index in [1.165, 1.54) is 66.6 Å². The predicted molar refractivity (Wildman–Crippen MR) is 102 cm³/mol. The van der Waals surface area contributed by atoms with E-state index in [2.05, 4.69) is 63.4 Å². The molecule has 0 aliphatic heterocycles. The minimum atomic E-state index is -1.51. The first-order valence-corrected chi connectivity index (χ1v) is 13.1. The van der Waals surface area contributed by atoms with Crippen molar-refractivity contribution in [1.82, 2.24) is 0 Å². The number of aliphatic hydroxyl groups is 1. The van der Waals surface area contributed by atoms with Gasteiger partial charge in [-0.1, -0.05) is 0 Å². The van der Waals surface area contributed by atoms with E-state index in [1.54, 1.807) is 0 Å². The summed E-state index contributed by atoms with van der Waals surface area (Å²) >= 11 is 1.49. The smallest absolute Gasteiger partial charge is 1.00 e. The van der Waals surface area contributed by atoms with E-state index in [0.717, 1.165) is 12.5 Å². The number of halogens is 2. The maximum atomic E-state index is 9.39. The van der Waals surface area contributed by atoms with Gasteiger partial charge in [0.15, 0.2) is 0 Å². The van der Waals surface area contributed by atoms with E-state index in [-0.39, 0.29) is 24.8 Å². The third-order valence-corrected chi connectivity index (χ3v) is 9.84. The molecule has 0 radical (unpaired) electrons. The van der Waals surface area contributed by atoms with Crippen molar-refractivity contribution in [2.45, 2.75) is 39.4 Å². The zero-order valence-electron chi connectivity index (χ0n) is 15.8. The molecule has 1 aromatic rings. The fraction of sp³-hybridized carbons (Fsp3) is 0.333. The van der Waals surface area contributed by atoms with Gasteiger partial charge < -0.3 is 24.8 Å². The van der Waals surface area contributed by atoms with E-state index in [4.69, 9.17) is 0 Å². The zero-order valence-corrected chi connectivity index (χ0v) is 20.8. The Labute approximate surface area is 186 Å². The van der Waals surface area contributed by atoms with Gasteiger partial charge in [0, 0.05) is 0 Å². The van der Waals surface area contributed by atoms with Crippen LogP contribution in [0.15, 0.2) is 58.3 Å². The average Bonchev–Trinajstić information content (AvgIpc) is 3.11. The van der Waals surface area contributed by atoms with Gasteiger partial charge in [0.25, 0.3) is 0 Å². The molecule has 26 heavy (non-hydrogen) atoms. The van der Waals surface area contributed by atoms with Crippen molar-refractivity contribution in [2.24, 2.45) is 0 Å². The summed E-state index contributed by atoms with van der Waals surface area (Å²) in [4.78, 5) is 0. The van der Waals surface area contributed by atoms with Crippen molar-refractivity contribution < 1.29 is 54.6 Å². The zero-order chi connectivity index (χ0) is 17.5. The number of aliphatic hydroxyl groups excluding tert-OH is 1. The fourth-order valence-corrected chi connectivity index (χ4v) is 7.05. The van der Waals surface area contributed by atoms with Crippen LogP contribution in [0.5, 0.6) is 0 Å². The summed E-state index contributed by atoms with van der Waals surface area (Å²) in [5.74, 6) is 0. The van der Waals surface area contributed by atoms with Crippen LogP contribution in [-0.2, 0) is 24.7 Å². The molecule has 0 unspecified atom stereocenters. The van der Waals surface area contributed by atoms with Crippen LogP contribution < -0.4 is 24.8 Å². The molecule has 0 saturated carbocycles. The molecule has 0 fully saturated rings. The van der Waals surface area contributed by atoms with Crippen LogP contribution in [0.4, 0.5) is 0 Å². The first-order valence-electron chi connectivity index (χ1n) is 8.62. The molecule has 1 aromatic carbocycles. The summed E-state index contributed by atoms with van der Waals surface area (Å²) in [5.41, 5.74) is 8.62. The van der Waals surface area contributed by atoms with E-state index < -0.39 is 8.07 Å². The van der Waals surface area contributed by atoms with Gasteiger partial charge in [0.05, 0.1) is 0 Å². The Bertz CT molecular complexity index is 815. The minimum absolute atomic E-state index is 0. The molecule has 1 N–H and O–H groups in total. The Morgan fingerprint density at radius 2 is 1.73 bits per heavy atom. The molecule has 3 rings (SSSR count). The van der Waals surface area contributed by atoms with E-state index in [0.29, 0.717) is 6.61 Å². The van der Waals surface area contributed by atoms with Crippen LogP contribution in [0.1, 0.15) is 31.4 Å². The minimum Gasteiger partial charge on any atom is -1.00 e. The molecular weight excluding hydrogens is 458 g/mol. The van der Waals surface area contributed by atoms with Gasteiger partial charge >= 0.3 is 162 Å². The van der Waals surface area contributed by atoms with Gasteiger partial charge in [-0.25, -0.2) is 0 Å². The molecule has 5 heteroatoms. The number of allylic oxidation sites excluding steroid dienone is 7. The fourth-order valence-electron chi connectivity index (χ4n) is 3.75. The Kier molecular flexibility index (Phi) is 8.58. The van der Waals surface area contributed by atoms with Gasteiger partial charge in [-0.2, -0.15) is 0 Å². The molecule has 2 aliphatic rings. The normalized spacial score (nSPS) is 15.9. The van der Waals surface area contributed by atoms with Crippen LogP contribution >= 0.6 is 0 Å². The van der Waals surface area contributed by atoms with Crippen LogP contribution in [0, 0.1) is 0 Å². The Balaban J connectivity index is 0.00000169. The summed E-state index contributed by atoms with van der Waals surface area (Å²) in [7, 11) is -1.51. The Morgan fingerprint density at radius 3 is 2.31 bits per heavy atom. The van der Waals surface area contributed by atoms with Crippen molar-refractivity contribution in [3.8, 4) is 0 Å². The van der Waals surface area contributed by atoms with Gasteiger partial charge in [-0.3, -0.25) is 0 Å². The SMILES string of the molecule is CC(C)=C1C(C2=CC([Si](C)(C)CCO)=CC2)=[C]([Zr+2])c2ccccc21.[Cl-].[Cl-]. The third-order valence-electron chi connectivity index (χ3n) is 5.18. The number of benzene rings is 1. The van der Waals surface area contributed by atoms with Crippen LogP contribution in [-0.4, -0.2) is 19.8 Å². The maximum Gasteiger partial charge on any atom is -1.00 e. The Hall–Kier alpha value is -0.180. The number of rotatable bonds is 4. The molecule has 0 heterocycles. The van der Waals surface area contributed by atoms with Crippen molar-refractivity contribution in [3.05, 3.63) is 69.5 Å². The van der Waals surface area contributed by atoms with E-state index >= 15 is 0 Å². The molecule has 137 valence electrons. The molecule has 1 nitrogen and oxygen atoms in total. The summed E-state index contributed by atoms with van der Waals surface area (Å²) in [5, 5.41) is 10.9. The molecule has 0 bridgehead atoms. The van der Waals surface area contributed by atoms with Gasteiger partial charge in [0.1, 0.15) is 0 Å². The first-order chi connectivity index (χ1) is 11.4. The second-order valence-electron chi connectivity index (χ2n) is 7.56. The second-order valence-corrected chi connectivity index (χ2v) is 13.6. The van der Waals surface area contributed by atoms with Crippen molar-refractivity contribution in [3.63, 3.8) is 0 Å². The van der Waals surface area contributed by atoms with E-state index in [1.807, 2.05) is 0 Å². The first kappa shape index (κ1) is 23.9. The van der Waals surface area contributed by atoms with Crippen LogP contribution in [0.25, 0.3) is 8.85 Å². The van der Waals surface area contributed by atoms with Crippen molar-refractivity contribution in [2.75, 3.05) is 6.61 Å². The molecule has 2 aliphatic carbocycles. The van der Waals surface area contributed by atoms with Crippen molar-refractivity contribution in [1.29, 1.82) is 0 Å². The Morgan fingerprint density at radius 1 is 1.12 bits per heavy atom. The van der Waals surface area contributed by atoms with Gasteiger partial charge in [0.2, 0.25) is 0 Å². The molecular formula is C21H25Cl2OSiZr. The summed E-state index contributed by atoms with van der Waals surface area (Å²) in [6.07, 6.45) is 5.89. The van der Waals surface area contributed by atoms with Crippen molar-refractivity contribution >= 4 is 16.9 Å². The molecule has 0 aromatic heterocycles. The standard InChI is InChI=1S/C21H25OSi.2ClH.Zr/c1-15(2)21-19-8-6-5-7-16(19)14-20(21)17-9-10-18(13-17)23(3,4)12-11-22;;;/h5-8,10,13,22H,9,11-12H2,1-4H3;2*1H;/q;;;+2/p-2. The molecule has 0 atom stereocenters. The third kappa shape index (κ3) is 4.28. The second kappa shape index (κ2) is 9.34. The summed E-state index contributed by atoms with van der Waals surface area (Å²) in [6.45, 7) is 9.50. The van der Waals surface area contributed by atoms with Crippen LogP contribution in [0.2, 0.25) is 19.1 Å². The summed E-state index contributed by atoms with van der Waals surface area (Å²) in [6, 6.07) is 9.78. The largest absolute Gasteiger partial charge is 1.00 e. The monoisotopic (exact) mass is 481 g/mol. The predicted octanol–water partition coefficient (Wildman–Crippen LogP) is -0.744. The average molecular weight is 484 g/mol.